The van der Waals surface area contributed by atoms with Crippen molar-refractivity contribution in [2.45, 2.75) is 38.8 Å². The smallest absolute Gasteiger partial charge is 0.345 e. The Morgan fingerprint density at radius 3 is 2.79 bits per heavy atom. The maximum atomic E-state index is 12.9. The van der Waals surface area contributed by atoms with Gasteiger partial charge >= 0.3 is 5.69 Å². The third kappa shape index (κ3) is 4.37. The van der Waals surface area contributed by atoms with Gasteiger partial charge in [0.1, 0.15) is 11.6 Å². The van der Waals surface area contributed by atoms with Gasteiger partial charge < -0.3 is 9.64 Å². The Labute approximate surface area is 170 Å². The zero-order chi connectivity index (χ0) is 20.2. The molecule has 2 aliphatic heterocycles. The van der Waals surface area contributed by atoms with Gasteiger partial charge in [0.05, 0.1) is 13.7 Å². The molecule has 1 amide bonds. The number of nitrogens with zero attached hydrogens (tertiary/aromatic N) is 5. The van der Waals surface area contributed by atoms with Crippen molar-refractivity contribution >= 4 is 5.91 Å². The predicted molar refractivity (Wildman–Crippen MR) is 109 cm³/mol. The molecule has 156 valence electrons. The molecule has 1 fully saturated rings. The number of hydrogen-bond donors (Lipinski definition) is 0. The van der Waals surface area contributed by atoms with E-state index in [4.69, 9.17) is 4.74 Å². The molecule has 1 aromatic heterocycles. The first kappa shape index (κ1) is 19.7. The van der Waals surface area contributed by atoms with Gasteiger partial charge in [0.25, 0.3) is 5.91 Å². The van der Waals surface area contributed by atoms with Gasteiger partial charge in [-0.05, 0) is 44.0 Å². The van der Waals surface area contributed by atoms with E-state index < -0.39 is 0 Å². The van der Waals surface area contributed by atoms with E-state index in [-0.39, 0.29) is 11.6 Å². The first-order chi connectivity index (χ1) is 14.2. The highest BCUT2D eigenvalue weighted by atomic mass is 16.5. The first-order valence-corrected chi connectivity index (χ1v) is 10.5. The summed E-state index contributed by atoms with van der Waals surface area (Å²) < 4.78 is 8.67. The van der Waals surface area contributed by atoms with Crippen LogP contribution >= 0.6 is 0 Å². The molecule has 4 rings (SSSR count). The van der Waals surface area contributed by atoms with E-state index in [1.54, 1.807) is 17.9 Å². The van der Waals surface area contributed by atoms with Crippen molar-refractivity contribution in [3.8, 4) is 5.75 Å². The van der Waals surface area contributed by atoms with Crippen LogP contribution < -0.4 is 10.4 Å². The summed E-state index contributed by atoms with van der Waals surface area (Å²) in [4.78, 5) is 29.6. The van der Waals surface area contributed by atoms with Crippen LogP contribution in [0.5, 0.6) is 5.75 Å². The van der Waals surface area contributed by atoms with Crippen molar-refractivity contribution in [1.82, 2.24) is 24.1 Å². The molecule has 1 aromatic carbocycles. The Hall–Kier alpha value is -2.61. The van der Waals surface area contributed by atoms with Crippen LogP contribution in [-0.2, 0) is 19.5 Å². The van der Waals surface area contributed by atoms with Crippen molar-refractivity contribution in [1.29, 1.82) is 0 Å². The third-order valence-corrected chi connectivity index (χ3v) is 5.85. The Kier molecular flexibility index (Phi) is 5.99. The summed E-state index contributed by atoms with van der Waals surface area (Å²) in [6, 6.07) is 7.31. The quantitative estimate of drug-likeness (QED) is 0.756. The van der Waals surface area contributed by atoms with E-state index in [0.717, 1.165) is 64.2 Å². The van der Waals surface area contributed by atoms with E-state index >= 15 is 0 Å². The topological polar surface area (TPSA) is 72.6 Å². The van der Waals surface area contributed by atoms with Gasteiger partial charge in [-0.1, -0.05) is 6.07 Å². The van der Waals surface area contributed by atoms with Gasteiger partial charge in [0.2, 0.25) is 0 Å². The number of aryl methyl sites for hydroxylation is 1. The molecule has 0 radical (unpaired) electrons. The number of benzene rings is 1. The summed E-state index contributed by atoms with van der Waals surface area (Å²) in [6.07, 6.45) is 3.99. The first-order valence-electron chi connectivity index (χ1n) is 10.5. The van der Waals surface area contributed by atoms with Gasteiger partial charge in [-0.2, -0.15) is 5.10 Å². The zero-order valence-electron chi connectivity index (χ0n) is 17.0. The van der Waals surface area contributed by atoms with Crippen LogP contribution in [0.15, 0.2) is 29.1 Å². The summed E-state index contributed by atoms with van der Waals surface area (Å²) in [7, 11) is 1.61. The molecular weight excluding hydrogens is 370 g/mol. The van der Waals surface area contributed by atoms with Gasteiger partial charge in [-0.25, -0.2) is 9.48 Å². The van der Waals surface area contributed by atoms with E-state index in [1.165, 1.54) is 0 Å². The Balaban J connectivity index is 1.34. The van der Waals surface area contributed by atoms with Gasteiger partial charge in [-0.3, -0.25) is 14.3 Å². The third-order valence-electron chi connectivity index (χ3n) is 5.85. The Morgan fingerprint density at radius 2 is 1.97 bits per heavy atom. The molecule has 8 nitrogen and oxygen atoms in total. The fourth-order valence-electron chi connectivity index (χ4n) is 4.17. The van der Waals surface area contributed by atoms with E-state index in [9.17, 15) is 9.59 Å². The number of ether oxygens (including phenoxy) is 1. The monoisotopic (exact) mass is 399 g/mol. The lowest BCUT2D eigenvalue weighted by molar-refractivity contribution is 0.0761. The SMILES string of the molecule is COc1cccc(C(=O)N2CCCN(CCn3nc4n(c3=O)CCCC4)CC2)c1. The molecule has 0 N–H and O–H groups in total. The van der Waals surface area contributed by atoms with Crippen molar-refractivity contribution in [2.24, 2.45) is 0 Å². The lowest BCUT2D eigenvalue weighted by atomic mass is 10.2. The number of carbonyl (C=O) groups excluding carboxylic acids is 1. The highest BCUT2D eigenvalue weighted by Crippen LogP contribution is 2.16. The molecule has 8 heteroatoms. The molecule has 3 heterocycles. The maximum Gasteiger partial charge on any atom is 0.345 e. The second-order valence-corrected chi connectivity index (χ2v) is 7.75. The molecule has 2 aliphatic rings. The maximum absolute atomic E-state index is 12.9. The number of carbonyl (C=O) groups is 1. The van der Waals surface area contributed by atoms with Crippen molar-refractivity contribution < 1.29 is 9.53 Å². The van der Waals surface area contributed by atoms with E-state index in [1.807, 2.05) is 27.7 Å². The minimum absolute atomic E-state index is 0.0179. The van der Waals surface area contributed by atoms with Crippen LogP contribution in [0.2, 0.25) is 0 Å². The standard InChI is InChI=1S/C21H29N5O3/c1-29-18-7-4-6-17(16-18)20(27)24-10-5-9-23(12-14-24)13-15-26-21(28)25-11-3-2-8-19(25)22-26/h4,6-7,16H,2-3,5,8-15H2,1H3. The lowest BCUT2D eigenvalue weighted by Gasteiger charge is -2.22. The molecule has 0 atom stereocenters. The number of amides is 1. The summed E-state index contributed by atoms with van der Waals surface area (Å²) in [5, 5.41) is 4.52. The number of rotatable bonds is 5. The Morgan fingerprint density at radius 1 is 1.07 bits per heavy atom. The van der Waals surface area contributed by atoms with Crippen molar-refractivity contribution in [3.05, 3.63) is 46.1 Å². The largest absolute Gasteiger partial charge is 0.497 e. The van der Waals surface area contributed by atoms with Crippen LogP contribution in [0, 0.1) is 0 Å². The Bertz CT molecular complexity index is 919. The van der Waals surface area contributed by atoms with Crippen LogP contribution in [0.4, 0.5) is 0 Å². The fourth-order valence-corrected chi connectivity index (χ4v) is 4.17. The molecular formula is C21H29N5O3. The molecule has 0 saturated carbocycles. The molecule has 29 heavy (non-hydrogen) atoms. The molecule has 0 spiro atoms. The lowest BCUT2D eigenvalue weighted by Crippen LogP contribution is -2.37. The highest BCUT2D eigenvalue weighted by Gasteiger charge is 2.21. The minimum atomic E-state index is 0.0179. The predicted octanol–water partition coefficient (Wildman–Crippen LogP) is 1.24. The van der Waals surface area contributed by atoms with Crippen LogP contribution in [0.3, 0.4) is 0 Å². The van der Waals surface area contributed by atoms with Crippen molar-refractivity contribution in [2.75, 3.05) is 39.8 Å². The van der Waals surface area contributed by atoms with E-state index in [0.29, 0.717) is 24.4 Å². The van der Waals surface area contributed by atoms with Crippen LogP contribution in [-0.4, -0.2) is 69.9 Å². The van der Waals surface area contributed by atoms with Crippen LogP contribution in [0.1, 0.15) is 35.4 Å². The normalized spacial score (nSPS) is 17.6. The molecule has 0 bridgehead atoms. The second-order valence-electron chi connectivity index (χ2n) is 7.75. The van der Waals surface area contributed by atoms with Gasteiger partial charge in [-0.15, -0.1) is 0 Å². The number of fused-ring (bicyclic) bond motifs is 1. The molecule has 2 aromatic rings. The average Bonchev–Trinajstić information content (AvgIpc) is 2.92. The summed E-state index contributed by atoms with van der Waals surface area (Å²) >= 11 is 0. The number of methoxy groups -OCH3 is 1. The number of hydrogen-bond acceptors (Lipinski definition) is 5. The minimum Gasteiger partial charge on any atom is -0.497 e. The highest BCUT2D eigenvalue weighted by molar-refractivity contribution is 5.94. The molecule has 0 unspecified atom stereocenters. The summed E-state index contributed by atoms with van der Waals surface area (Å²) in [6.45, 7) is 5.32. The van der Waals surface area contributed by atoms with Crippen LogP contribution in [0.25, 0.3) is 0 Å². The zero-order valence-corrected chi connectivity index (χ0v) is 17.0. The average molecular weight is 399 g/mol. The number of aromatic nitrogens is 3. The van der Waals surface area contributed by atoms with Gasteiger partial charge in [0.15, 0.2) is 0 Å². The van der Waals surface area contributed by atoms with Crippen molar-refractivity contribution in [3.63, 3.8) is 0 Å². The summed E-state index contributed by atoms with van der Waals surface area (Å²) in [5.41, 5.74) is 0.678. The fraction of sp³-hybridized carbons (Fsp3) is 0.571. The van der Waals surface area contributed by atoms with E-state index in [2.05, 4.69) is 10.00 Å². The molecule has 1 saturated heterocycles. The molecule has 0 aliphatic carbocycles. The van der Waals surface area contributed by atoms with Gasteiger partial charge in [0, 0.05) is 44.7 Å². The summed E-state index contributed by atoms with van der Waals surface area (Å²) in [5.74, 6) is 1.66. The second kappa shape index (κ2) is 8.82.